The molecule has 1 fully saturated rings. The SMILES string of the molecule is Cc1cc(Cl)ccc1Oc1cccc(F)c1CNC1CC1. The lowest BCUT2D eigenvalue weighted by Crippen LogP contribution is -2.16. The van der Waals surface area contributed by atoms with Crippen LogP contribution in [0.25, 0.3) is 0 Å². The van der Waals surface area contributed by atoms with Gasteiger partial charge in [-0.3, -0.25) is 0 Å². The van der Waals surface area contributed by atoms with E-state index >= 15 is 0 Å². The van der Waals surface area contributed by atoms with Gasteiger partial charge in [-0.2, -0.15) is 0 Å². The van der Waals surface area contributed by atoms with Crippen LogP contribution < -0.4 is 10.1 Å². The molecule has 0 aliphatic heterocycles. The Bertz CT molecular complexity index is 655. The predicted octanol–water partition coefficient (Wildman–Crippen LogP) is 4.83. The van der Waals surface area contributed by atoms with Gasteiger partial charge in [0.25, 0.3) is 0 Å². The largest absolute Gasteiger partial charge is 0.457 e. The Hall–Kier alpha value is -1.58. The van der Waals surface area contributed by atoms with Gasteiger partial charge in [0.15, 0.2) is 0 Å². The third-order valence-electron chi connectivity index (χ3n) is 3.58. The third-order valence-corrected chi connectivity index (χ3v) is 3.81. The zero-order valence-electron chi connectivity index (χ0n) is 11.8. The lowest BCUT2D eigenvalue weighted by Gasteiger charge is -2.14. The van der Waals surface area contributed by atoms with E-state index < -0.39 is 0 Å². The molecule has 1 N–H and O–H groups in total. The smallest absolute Gasteiger partial charge is 0.134 e. The highest BCUT2D eigenvalue weighted by Gasteiger charge is 2.21. The van der Waals surface area contributed by atoms with Crippen molar-refractivity contribution in [3.05, 3.63) is 58.4 Å². The van der Waals surface area contributed by atoms with Crippen LogP contribution >= 0.6 is 11.6 Å². The van der Waals surface area contributed by atoms with Gasteiger partial charge in [0, 0.05) is 23.2 Å². The first-order valence-corrected chi connectivity index (χ1v) is 7.46. The molecule has 0 bridgehead atoms. The van der Waals surface area contributed by atoms with E-state index in [0.717, 1.165) is 5.56 Å². The summed E-state index contributed by atoms with van der Waals surface area (Å²) in [5, 5.41) is 3.98. The Morgan fingerprint density at radius 2 is 2.05 bits per heavy atom. The topological polar surface area (TPSA) is 21.3 Å². The monoisotopic (exact) mass is 305 g/mol. The molecule has 1 saturated carbocycles. The Kier molecular flexibility index (Phi) is 4.13. The lowest BCUT2D eigenvalue weighted by molar-refractivity contribution is 0.458. The van der Waals surface area contributed by atoms with Gasteiger partial charge in [-0.1, -0.05) is 17.7 Å². The van der Waals surface area contributed by atoms with Gasteiger partial charge in [-0.25, -0.2) is 4.39 Å². The second-order valence-electron chi connectivity index (χ2n) is 5.38. The summed E-state index contributed by atoms with van der Waals surface area (Å²) < 4.78 is 19.9. The van der Waals surface area contributed by atoms with Crippen molar-refractivity contribution in [2.24, 2.45) is 0 Å². The summed E-state index contributed by atoms with van der Waals surface area (Å²) in [7, 11) is 0. The van der Waals surface area contributed by atoms with Gasteiger partial charge >= 0.3 is 0 Å². The molecule has 0 saturated heterocycles. The van der Waals surface area contributed by atoms with Gasteiger partial charge in [-0.05, 0) is 55.7 Å². The summed E-state index contributed by atoms with van der Waals surface area (Å²) in [6.45, 7) is 2.40. The van der Waals surface area contributed by atoms with E-state index in [0.29, 0.717) is 34.7 Å². The first kappa shape index (κ1) is 14.4. The first-order valence-electron chi connectivity index (χ1n) is 7.08. The Morgan fingerprint density at radius 3 is 2.76 bits per heavy atom. The quantitative estimate of drug-likeness (QED) is 0.854. The van der Waals surface area contributed by atoms with Crippen LogP contribution in [-0.2, 0) is 6.54 Å². The number of halogens is 2. The van der Waals surface area contributed by atoms with E-state index in [1.165, 1.54) is 18.9 Å². The van der Waals surface area contributed by atoms with Gasteiger partial charge in [0.1, 0.15) is 17.3 Å². The molecule has 0 heterocycles. The number of hydrogen-bond acceptors (Lipinski definition) is 2. The Labute approximate surface area is 128 Å². The minimum Gasteiger partial charge on any atom is -0.457 e. The Morgan fingerprint density at radius 1 is 1.24 bits per heavy atom. The van der Waals surface area contributed by atoms with Gasteiger partial charge in [0.2, 0.25) is 0 Å². The van der Waals surface area contributed by atoms with E-state index in [2.05, 4.69) is 5.32 Å². The van der Waals surface area contributed by atoms with Crippen LogP contribution in [0.1, 0.15) is 24.0 Å². The molecule has 0 spiro atoms. The first-order chi connectivity index (χ1) is 10.1. The van der Waals surface area contributed by atoms with Crippen molar-refractivity contribution in [1.29, 1.82) is 0 Å². The van der Waals surface area contributed by atoms with Crippen LogP contribution in [0, 0.1) is 12.7 Å². The van der Waals surface area contributed by atoms with Crippen molar-refractivity contribution in [1.82, 2.24) is 5.32 Å². The van der Waals surface area contributed by atoms with Gasteiger partial charge < -0.3 is 10.1 Å². The summed E-state index contributed by atoms with van der Waals surface area (Å²) in [5.74, 6) is 0.999. The maximum absolute atomic E-state index is 14.0. The van der Waals surface area contributed by atoms with Gasteiger partial charge in [0.05, 0.1) is 0 Å². The fourth-order valence-electron chi connectivity index (χ4n) is 2.19. The zero-order chi connectivity index (χ0) is 14.8. The van der Waals surface area contributed by atoms with Crippen LogP contribution in [0.5, 0.6) is 11.5 Å². The van der Waals surface area contributed by atoms with E-state index in [1.54, 1.807) is 24.3 Å². The molecule has 1 aliphatic carbocycles. The summed E-state index contributed by atoms with van der Waals surface area (Å²) in [6.07, 6.45) is 2.34. The van der Waals surface area contributed by atoms with Crippen LogP contribution in [0.4, 0.5) is 4.39 Å². The van der Waals surface area contributed by atoms with Crippen molar-refractivity contribution in [2.45, 2.75) is 32.4 Å². The fraction of sp³-hybridized carbons (Fsp3) is 0.294. The fourth-order valence-corrected chi connectivity index (χ4v) is 2.41. The summed E-state index contributed by atoms with van der Waals surface area (Å²) in [6, 6.07) is 10.8. The van der Waals surface area contributed by atoms with Crippen LogP contribution in [0.3, 0.4) is 0 Å². The number of ether oxygens (including phenoxy) is 1. The molecule has 0 amide bonds. The molecule has 0 unspecified atom stereocenters. The second kappa shape index (κ2) is 6.04. The average molecular weight is 306 g/mol. The standard InChI is InChI=1S/C17H17ClFNO/c1-11-9-12(18)5-8-16(11)21-17-4-2-3-15(19)14(17)10-20-13-6-7-13/h2-5,8-9,13,20H,6-7,10H2,1H3. The molecule has 21 heavy (non-hydrogen) atoms. The van der Waals surface area contributed by atoms with Crippen molar-refractivity contribution in [3.8, 4) is 11.5 Å². The van der Waals surface area contributed by atoms with Crippen molar-refractivity contribution < 1.29 is 9.13 Å². The molecule has 1 aliphatic rings. The highest BCUT2D eigenvalue weighted by Crippen LogP contribution is 2.31. The van der Waals surface area contributed by atoms with Gasteiger partial charge in [-0.15, -0.1) is 0 Å². The summed E-state index contributed by atoms with van der Waals surface area (Å²) in [5.41, 5.74) is 1.49. The van der Waals surface area contributed by atoms with E-state index in [9.17, 15) is 4.39 Å². The maximum Gasteiger partial charge on any atom is 0.134 e. The normalized spacial score (nSPS) is 14.2. The Balaban J connectivity index is 1.84. The summed E-state index contributed by atoms with van der Waals surface area (Å²) in [4.78, 5) is 0. The minimum absolute atomic E-state index is 0.243. The molecule has 4 heteroatoms. The van der Waals surface area contributed by atoms with Crippen LogP contribution in [0.15, 0.2) is 36.4 Å². The summed E-state index contributed by atoms with van der Waals surface area (Å²) >= 11 is 5.94. The molecular weight excluding hydrogens is 289 g/mol. The molecule has 0 aromatic heterocycles. The highest BCUT2D eigenvalue weighted by atomic mass is 35.5. The molecule has 2 aromatic rings. The molecule has 110 valence electrons. The van der Waals surface area contributed by atoms with Crippen LogP contribution in [-0.4, -0.2) is 6.04 Å². The molecule has 0 radical (unpaired) electrons. The second-order valence-corrected chi connectivity index (χ2v) is 5.82. The predicted molar refractivity (Wildman–Crippen MR) is 82.5 cm³/mol. The molecule has 0 atom stereocenters. The molecule has 2 nitrogen and oxygen atoms in total. The molecule has 2 aromatic carbocycles. The average Bonchev–Trinajstić information content (AvgIpc) is 3.25. The van der Waals surface area contributed by atoms with E-state index in [1.807, 2.05) is 13.0 Å². The van der Waals surface area contributed by atoms with E-state index in [-0.39, 0.29) is 5.82 Å². The van der Waals surface area contributed by atoms with Crippen molar-refractivity contribution >= 4 is 11.6 Å². The highest BCUT2D eigenvalue weighted by molar-refractivity contribution is 6.30. The number of nitrogens with one attached hydrogen (secondary N) is 1. The van der Waals surface area contributed by atoms with Crippen molar-refractivity contribution in [2.75, 3.05) is 0 Å². The maximum atomic E-state index is 14.0. The number of hydrogen-bond donors (Lipinski definition) is 1. The lowest BCUT2D eigenvalue weighted by atomic mass is 10.1. The third kappa shape index (κ3) is 3.55. The molecule has 3 rings (SSSR count). The minimum atomic E-state index is -0.243. The molecular formula is C17H17ClFNO. The zero-order valence-corrected chi connectivity index (χ0v) is 12.6. The number of aryl methyl sites for hydroxylation is 1. The van der Waals surface area contributed by atoms with Crippen LogP contribution in [0.2, 0.25) is 5.02 Å². The van der Waals surface area contributed by atoms with E-state index in [4.69, 9.17) is 16.3 Å². The van der Waals surface area contributed by atoms with Crippen molar-refractivity contribution in [3.63, 3.8) is 0 Å². The number of benzene rings is 2. The number of rotatable bonds is 5.